The minimum Gasteiger partial charge on any atom is -0.351 e. The standard InChI is InChI=1S/C20H25N5O2/c1-13(2)25-20(27)17-9-6-5-8-16(17)18(23-25)19(26)21-10-7-11-24-15(4)12-14(3)22-24/h5-6,8-9,12-13H,7,10-11H2,1-4H3,(H,21,26). The number of aryl methyl sites for hydroxylation is 3. The minimum atomic E-state index is -0.269. The normalized spacial score (nSPS) is 11.3. The maximum Gasteiger partial charge on any atom is 0.274 e. The lowest BCUT2D eigenvalue weighted by Crippen LogP contribution is -2.32. The Balaban J connectivity index is 1.76. The second kappa shape index (κ2) is 7.73. The molecular formula is C20H25N5O2. The van der Waals surface area contributed by atoms with Crippen LogP contribution in [-0.4, -0.2) is 32.0 Å². The summed E-state index contributed by atoms with van der Waals surface area (Å²) in [6, 6.07) is 9.01. The highest BCUT2D eigenvalue weighted by atomic mass is 16.2. The van der Waals surface area contributed by atoms with Crippen LogP contribution in [0.25, 0.3) is 10.8 Å². The van der Waals surface area contributed by atoms with E-state index in [0.717, 1.165) is 24.4 Å². The van der Waals surface area contributed by atoms with E-state index in [1.807, 2.05) is 44.5 Å². The quantitative estimate of drug-likeness (QED) is 0.679. The van der Waals surface area contributed by atoms with Gasteiger partial charge in [0.25, 0.3) is 11.5 Å². The predicted octanol–water partition coefficient (Wildman–Crippen LogP) is 2.61. The first-order valence-electron chi connectivity index (χ1n) is 9.19. The van der Waals surface area contributed by atoms with Crippen LogP contribution in [0, 0.1) is 13.8 Å². The highest BCUT2D eigenvalue weighted by Gasteiger charge is 2.17. The molecule has 0 atom stereocenters. The molecule has 0 bridgehead atoms. The Bertz CT molecular complexity index is 1030. The van der Waals surface area contributed by atoms with E-state index in [2.05, 4.69) is 15.5 Å². The lowest BCUT2D eigenvalue weighted by molar-refractivity contribution is 0.0947. The minimum absolute atomic E-state index is 0.125. The first-order valence-corrected chi connectivity index (χ1v) is 9.19. The molecule has 0 aliphatic heterocycles. The molecule has 0 saturated heterocycles. The Morgan fingerprint density at radius 2 is 1.85 bits per heavy atom. The highest BCUT2D eigenvalue weighted by Crippen LogP contribution is 2.14. The summed E-state index contributed by atoms with van der Waals surface area (Å²) in [5.74, 6) is -0.269. The number of amides is 1. The lowest BCUT2D eigenvalue weighted by Gasteiger charge is -2.13. The van der Waals surface area contributed by atoms with Crippen molar-refractivity contribution in [2.24, 2.45) is 0 Å². The number of nitrogens with zero attached hydrogens (tertiary/aromatic N) is 4. The van der Waals surface area contributed by atoms with Gasteiger partial charge in [-0.15, -0.1) is 0 Å². The largest absolute Gasteiger partial charge is 0.351 e. The third-order valence-corrected chi connectivity index (χ3v) is 4.47. The van der Waals surface area contributed by atoms with Crippen LogP contribution in [-0.2, 0) is 6.54 Å². The van der Waals surface area contributed by atoms with Crippen LogP contribution in [0.3, 0.4) is 0 Å². The summed E-state index contributed by atoms with van der Waals surface area (Å²) in [6.45, 7) is 8.97. The highest BCUT2D eigenvalue weighted by molar-refractivity contribution is 6.04. The van der Waals surface area contributed by atoms with Gasteiger partial charge in [-0.2, -0.15) is 10.2 Å². The predicted molar refractivity (Wildman–Crippen MR) is 105 cm³/mol. The fourth-order valence-corrected chi connectivity index (χ4v) is 3.14. The van der Waals surface area contributed by atoms with Crippen molar-refractivity contribution in [2.75, 3.05) is 6.54 Å². The molecule has 1 N–H and O–H groups in total. The maximum atomic E-state index is 12.7. The molecule has 3 aromatic rings. The first kappa shape index (κ1) is 18.8. The zero-order chi connectivity index (χ0) is 19.6. The van der Waals surface area contributed by atoms with Gasteiger partial charge < -0.3 is 5.32 Å². The van der Waals surface area contributed by atoms with E-state index in [1.54, 1.807) is 18.2 Å². The summed E-state index contributed by atoms with van der Waals surface area (Å²) in [7, 11) is 0. The van der Waals surface area contributed by atoms with E-state index in [9.17, 15) is 9.59 Å². The number of rotatable bonds is 6. The summed E-state index contributed by atoms with van der Waals surface area (Å²) in [5, 5.41) is 12.8. The van der Waals surface area contributed by atoms with Gasteiger partial charge in [-0.05, 0) is 46.2 Å². The average Bonchev–Trinajstić information content (AvgIpc) is 2.96. The molecule has 0 unspecified atom stereocenters. The number of aromatic nitrogens is 4. The molecule has 7 heteroatoms. The number of benzene rings is 1. The van der Waals surface area contributed by atoms with Crippen LogP contribution in [0.4, 0.5) is 0 Å². The zero-order valence-corrected chi connectivity index (χ0v) is 16.2. The Morgan fingerprint density at radius 3 is 2.48 bits per heavy atom. The molecule has 0 aliphatic carbocycles. The molecule has 0 aliphatic rings. The van der Waals surface area contributed by atoms with Gasteiger partial charge in [0.05, 0.1) is 17.1 Å². The topological polar surface area (TPSA) is 81.8 Å². The van der Waals surface area contributed by atoms with Crippen LogP contribution in [0.1, 0.15) is 48.2 Å². The molecule has 0 spiro atoms. The second-order valence-corrected chi connectivity index (χ2v) is 7.00. The van der Waals surface area contributed by atoms with Crippen molar-refractivity contribution in [3.8, 4) is 0 Å². The maximum absolute atomic E-state index is 12.7. The Morgan fingerprint density at radius 1 is 1.15 bits per heavy atom. The van der Waals surface area contributed by atoms with Crippen molar-refractivity contribution in [1.82, 2.24) is 24.9 Å². The fraction of sp³-hybridized carbons (Fsp3) is 0.400. The van der Waals surface area contributed by atoms with Crippen LogP contribution >= 0.6 is 0 Å². The monoisotopic (exact) mass is 367 g/mol. The molecule has 142 valence electrons. The average molecular weight is 367 g/mol. The van der Waals surface area contributed by atoms with Crippen molar-refractivity contribution in [3.63, 3.8) is 0 Å². The summed E-state index contributed by atoms with van der Waals surface area (Å²) in [5.41, 5.74) is 2.20. The van der Waals surface area contributed by atoms with Crippen LogP contribution in [0.2, 0.25) is 0 Å². The number of carbonyl (C=O) groups is 1. The SMILES string of the molecule is Cc1cc(C)n(CCCNC(=O)c2nn(C(C)C)c(=O)c3ccccc23)n1. The van der Waals surface area contributed by atoms with E-state index < -0.39 is 0 Å². The number of nitrogens with one attached hydrogen (secondary N) is 1. The van der Waals surface area contributed by atoms with Crippen molar-refractivity contribution in [3.05, 3.63) is 57.8 Å². The Kier molecular flexibility index (Phi) is 5.39. The van der Waals surface area contributed by atoms with Gasteiger partial charge in [0.1, 0.15) is 0 Å². The summed E-state index contributed by atoms with van der Waals surface area (Å²) >= 11 is 0. The molecule has 2 heterocycles. The smallest absolute Gasteiger partial charge is 0.274 e. The van der Waals surface area contributed by atoms with Crippen LogP contribution < -0.4 is 10.9 Å². The van der Waals surface area contributed by atoms with E-state index in [0.29, 0.717) is 17.3 Å². The molecule has 0 fully saturated rings. The van der Waals surface area contributed by atoms with Gasteiger partial charge in [0.2, 0.25) is 0 Å². The summed E-state index contributed by atoms with van der Waals surface area (Å²) in [4.78, 5) is 25.3. The first-order chi connectivity index (χ1) is 12.9. The number of carbonyl (C=O) groups excluding carboxylic acids is 1. The summed E-state index contributed by atoms with van der Waals surface area (Å²) in [6.07, 6.45) is 0.759. The van der Waals surface area contributed by atoms with Crippen molar-refractivity contribution in [2.45, 2.75) is 46.7 Å². The van der Waals surface area contributed by atoms with Gasteiger partial charge in [-0.25, -0.2) is 4.68 Å². The molecule has 3 rings (SSSR count). The van der Waals surface area contributed by atoms with Gasteiger partial charge in [0, 0.05) is 24.2 Å². The van der Waals surface area contributed by atoms with Gasteiger partial charge >= 0.3 is 0 Å². The van der Waals surface area contributed by atoms with Crippen molar-refractivity contribution < 1.29 is 4.79 Å². The van der Waals surface area contributed by atoms with E-state index in [-0.39, 0.29) is 23.2 Å². The molecule has 1 aromatic carbocycles. The Hall–Kier alpha value is -2.96. The zero-order valence-electron chi connectivity index (χ0n) is 16.2. The van der Waals surface area contributed by atoms with Crippen LogP contribution in [0.5, 0.6) is 0 Å². The van der Waals surface area contributed by atoms with Gasteiger partial charge in [-0.1, -0.05) is 18.2 Å². The molecule has 0 radical (unpaired) electrons. The lowest BCUT2D eigenvalue weighted by atomic mass is 10.1. The Labute approximate surface area is 158 Å². The van der Waals surface area contributed by atoms with E-state index in [4.69, 9.17) is 0 Å². The molecular weight excluding hydrogens is 342 g/mol. The van der Waals surface area contributed by atoms with Crippen LogP contribution in [0.15, 0.2) is 35.1 Å². The third-order valence-electron chi connectivity index (χ3n) is 4.47. The summed E-state index contributed by atoms with van der Waals surface area (Å²) < 4.78 is 3.31. The van der Waals surface area contributed by atoms with Gasteiger partial charge in [-0.3, -0.25) is 14.3 Å². The fourth-order valence-electron chi connectivity index (χ4n) is 3.14. The van der Waals surface area contributed by atoms with E-state index >= 15 is 0 Å². The number of fused-ring (bicyclic) bond motifs is 1. The third kappa shape index (κ3) is 3.92. The number of hydrogen-bond acceptors (Lipinski definition) is 4. The molecule has 1 amide bonds. The van der Waals surface area contributed by atoms with Crippen molar-refractivity contribution in [1.29, 1.82) is 0 Å². The van der Waals surface area contributed by atoms with E-state index in [1.165, 1.54) is 4.68 Å². The molecule has 27 heavy (non-hydrogen) atoms. The molecule has 0 saturated carbocycles. The van der Waals surface area contributed by atoms with Gasteiger partial charge in [0.15, 0.2) is 5.69 Å². The second-order valence-electron chi connectivity index (χ2n) is 7.00. The molecule has 2 aromatic heterocycles. The molecule has 7 nitrogen and oxygen atoms in total. The number of hydrogen-bond donors (Lipinski definition) is 1. The van der Waals surface area contributed by atoms with Crippen molar-refractivity contribution >= 4 is 16.7 Å².